The quantitative estimate of drug-likeness (QED) is 0.580. The Balaban J connectivity index is 1.94. The number of rotatable bonds is 3. The lowest BCUT2D eigenvalue weighted by atomic mass is 10.1. The maximum absolute atomic E-state index is 11.8. The highest BCUT2D eigenvalue weighted by Gasteiger charge is 2.18. The molecule has 0 aliphatic carbocycles. The predicted molar refractivity (Wildman–Crippen MR) is 97.2 cm³/mol. The number of hydrogen-bond donors (Lipinski definition) is 2. The van der Waals surface area contributed by atoms with Gasteiger partial charge < -0.3 is 11.1 Å². The van der Waals surface area contributed by atoms with Crippen LogP contribution < -0.4 is 11.1 Å². The summed E-state index contributed by atoms with van der Waals surface area (Å²) in [4.78, 5) is 24.6. The van der Waals surface area contributed by atoms with Crippen molar-refractivity contribution in [1.29, 1.82) is 0 Å². The van der Waals surface area contributed by atoms with Crippen LogP contribution >= 0.6 is 11.3 Å². The van der Waals surface area contributed by atoms with E-state index >= 15 is 0 Å². The van der Waals surface area contributed by atoms with Crippen LogP contribution in [0.3, 0.4) is 0 Å². The average molecular weight is 353 g/mol. The molecule has 1 aromatic carbocycles. The summed E-state index contributed by atoms with van der Waals surface area (Å²) in [6.45, 7) is 2.04. The van der Waals surface area contributed by atoms with Gasteiger partial charge in [0.1, 0.15) is 24.4 Å². The van der Waals surface area contributed by atoms with Gasteiger partial charge in [0.05, 0.1) is 20.6 Å². The number of nitrogens with zero attached hydrogens (tertiary/aromatic N) is 5. The van der Waals surface area contributed by atoms with Gasteiger partial charge >= 0.3 is 0 Å². The summed E-state index contributed by atoms with van der Waals surface area (Å²) in [6.07, 6.45) is 1.37. The Kier molecular flexibility index (Phi) is 3.57. The van der Waals surface area contributed by atoms with Crippen LogP contribution in [0.15, 0.2) is 24.5 Å². The van der Waals surface area contributed by atoms with E-state index < -0.39 is 0 Å². The van der Waals surface area contributed by atoms with Gasteiger partial charge in [0.2, 0.25) is 5.91 Å². The number of nitrogen functional groups attached to an aromatic ring is 1. The Bertz CT molecular complexity index is 1110. The highest BCUT2D eigenvalue weighted by atomic mass is 32.1. The number of thiazole rings is 1. The molecule has 3 N–H and O–H groups in total. The fourth-order valence-corrected chi connectivity index (χ4v) is 3.61. The second kappa shape index (κ2) is 5.78. The molecule has 0 unspecified atom stereocenters. The van der Waals surface area contributed by atoms with Crippen LogP contribution in [0.5, 0.6) is 0 Å². The number of amides is 1. The van der Waals surface area contributed by atoms with E-state index in [9.17, 15) is 4.79 Å². The third-order valence-corrected chi connectivity index (χ3v) is 4.83. The van der Waals surface area contributed by atoms with Crippen molar-refractivity contribution >= 4 is 44.3 Å². The lowest BCUT2D eigenvalue weighted by Crippen LogP contribution is -2.24. The minimum atomic E-state index is -0.165. The first-order valence-corrected chi connectivity index (χ1v) is 8.43. The number of fused-ring (bicyclic) bond motifs is 2. The molecule has 3 aromatic heterocycles. The summed E-state index contributed by atoms with van der Waals surface area (Å²) in [5.41, 5.74) is 9.10. The Morgan fingerprint density at radius 1 is 1.36 bits per heavy atom. The summed E-state index contributed by atoms with van der Waals surface area (Å²) < 4.78 is 2.61. The molecular formula is C16H15N7OS. The number of carbonyl (C=O) groups is 1. The van der Waals surface area contributed by atoms with Gasteiger partial charge in [-0.2, -0.15) is 5.10 Å². The van der Waals surface area contributed by atoms with Crippen molar-refractivity contribution in [2.45, 2.75) is 13.5 Å². The highest BCUT2D eigenvalue weighted by molar-refractivity contribution is 7.18. The van der Waals surface area contributed by atoms with E-state index in [1.54, 1.807) is 23.1 Å². The molecule has 4 rings (SSSR count). The largest absolute Gasteiger partial charge is 0.383 e. The molecule has 0 spiro atoms. The number of aryl methyl sites for hydroxylation is 1. The third-order valence-electron chi connectivity index (χ3n) is 3.90. The topological polar surface area (TPSA) is 112 Å². The zero-order chi connectivity index (χ0) is 17.6. The van der Waals surface area contributed by atoms with Gasteiger partial charge in [-0.05, 0) is 19.1 Å². The normalized spacial score (nSPS) is 11.3. The molecule has 0 fully saturated rings. The number of likely N-dealkylation sites (N-methyl/N-ethyl adjacent to an activating group) is 1. The fraction of sp³-hybridized carbons (Fsp3) is 0.188. The lowest BCUT2D eigenvalue weighted by Gasteiger charge is -2.01. The number of anilines is 1. The Hall–Kier alpha value is -3.07. The van der Waals surface area contributed by atoms with Gasteiger partial charge in [-0.25, -0.2) is 19.6 Å². The van der Waals surface area contributed by atoms with Gasteiger partial charge in [-0.15, -0.1) is 11.3 Å². The number of hydrogen-bond acceptors (Lipinski definition) is 7. The van der Waals surface area contributed by atoms with E-state index in [-0.39, 0.29) is 12.5 Å². The van der Waals surface area contributed by atoms with E-state index in [1.165, 1.54) is 6.33 Å². The zero-order valence-corrected chi connectivity index (χ0v) is 14.5. The van der Waals surface area contributed by atoms with E-state index in [1.807, 2.05) is 25.1 Å². The third kappa shape index (κ3) is 2.58. The Labute approximate surface area is 146 Å². The second-order valence-electron chi connectivity index (χ2n) is 5.55. The van der Waals surface area contributed by atoms with Crippen LogP contribution in [0.2, 0.25) is 0 Å². The van der Waals surface area contributed by atoms with E-state index in [4.69, 9.17) is 5.73 Å². The molecule has 8 nitrogen and oxygen atoms in total. The summed E-state index contributed by atoms with van der Waals surface area (Å²) >= 11 is 1.62. The summed E-state index contributed by atoms with van der Waals surface area (Å²) in [6, 6.07) is 5.93. The first kappa shape index (κ1) is 15.5. The van der Waals surface area contributed by atoms with Gasteiger partial charge in [0.15, 0.2) is 5.65 Å². The minimum absolute atomic E-state index is 0.0609. The summed E-state index contributed by atoms with van der Waals surface area (Å²) in [5, 5.41) is 8.82. The van der Waals surface area contributed by atoms with Crippen molar-refractivity contribution < 1.29 is 4.79 Å². The van der Waals surface area contributed by atoms with Crippen LogP contribution in [-0.2, 0) is 11.3 Å². The maximum Gasteiger partial charge on any atom is 0.241 e. The highest BCUT2D eigenvalue weighted by Crippen LogP contribution is 2.33. The number of carbonyl (C=O) groups excluding carboxylic acids is 1. The molecule has 3 heterocycles. The van der Waals surface area contributed by atoms with Crippen LogP contribution in [0.1, 0.15) is 5.01 Å². The molecule has 1 amide bonds. The SMILES string of the molecule is CNC(=O)Cn1nc(-c2ccc3nc(C)sc3c2)c2c(N)ncnc21. The van der Waals surface area contributed by atoms with E-state index in [0.29, 0.717) is 22.5 Å². The average Bonchev–Trinajstić information content (AvgIpc) is 3.14. The van der Waals surface area contributed by atoms with Gasteiger partial charge in [0, 0.05) is 12.6 Å². The number of aromatic nitrogens is 5. The van der Waals surface area contributed by atoms with Gasteiger partial charge in [-0.3, -0.25) is 4.79 Å². The lowest BCUT2D eigenvalue weighted by molar-refractivity contribution is -0.121. The molecule has 0 saturated heterocycles. The van der Waals surface area contributed by atoms with Gasteiger partial charge in [0.25, 0.3) is 0 Å². The smallest absolute Gasteiger partial charge is 0.241 e. The number of nitrogens with two attached hydrogens (primary N) is 1. The van der Waals surface area contributed by atoms with Gasteiger partial charge in [-0.1, -0.05) is 6.07 Å². The molecule has 9 heteroatoms. The predicted octanol–water partition coefficient (Wildman–Crippen LogP) is 1.74. The zero-order valence-electron chi connectivity index (χ0n) is 13.6. The molecule has 0 aliphatic heterocycles. The molecule has 126 valence electrons. The first-order valence-electron chi connectivity index (χ1n) is 7.62. The number of benzene rings is 1. The molecule has 0 saturated carbocycles. The van der Waals surface area contributed by atoms with Crippen LogP contribution in [0, 0.1) is 6.92 Å². The molecular weight excluding hydrogens is 338 g/mol. The van der Waals surface area contributed by atoms with Crippen molar-refractivity contribution in [2.75, 3.05) is 12.8 Å². The first-order chi connectivity index (χ1) is 12.1. The molecule has 25 heavy (non-hydrogen) atoms. The maximum atomic E-state index is 11.8. The van der Waals surface area contributed by atoms with Crippen molar-refractivity contribution in [2.24, 2.45) is 0 Å². The van der Waals surface area contributed by atoms with Crippen molar-refractivity contribution in [3.05, 3.63) is 29.5 Å². The standard InChI is InChI=1S/C16H15N7OS/c1-8-21-10-4-3-9(5-11(10)25-8)14-13-15(17)19-7-20-16(13)23(22-14)6-12(24)18-2/h3-5,7H,6H2,1-2H3,(H,18,24)(H2,17,19,20). The molecule has 0 aliphatic rings. The van der Waals surface area contributed by atoms with Crippen molar-refractivity contribution in [3.8, 4) is 11.3 Å². The van der Waals surface area contributed by atoms with Crippen molar-refractivity contribution in [1.82, 2.24) is 30.0 Å². The van der Waals surface area contributed by atoms with E-state index in [0.717, 1.165) is 20.8 Å². The van der Waals surface area contributed by atoms with Crippen LogP contribution in [0.4, 0.5) is 5.82 Å². The number of nitrogens with one attached hydrogen (secondary N) is 1. The summed E-state index contributed by atoms with van der Waals surface area (Å²) in [7, 11) is 1.58. The molecule has 4 aromatic rings. The second-order valence-corrected chi connectivity index (χ2v) is 6.79. The fourth-order valence-electron chi connectivity index (χ4n) is 2.74. The van der Waals surface area contributed by atoms with Crippen molar-refractivity contribution in [3.63, 3.8) is 0 Å². The Morgan fingerprint density at radius 3 is 3.00 bits per heavy atom. The monoisotopic (exact) mass is 353 g/mol. The minimum Gasteiger partial charge on any atom is -0.383 e. The summed E-state index contributed by atoms with van der Waals surface area (Å²) in [5.74, 6) is 0.172. The molecule has 0 atom stereocenters. The molecule has 0 bridgehead atoms. The van der Waals surface area contributed by atoms with E-state index in [2.05, 4.69) is 25.4 Å². The van der Waals surface area contributed by atoms with Crippen LogP contribution in [-0.4, -0.2) is 37.7 Å². The Morgan fingerprint density at radius 2 is 2.20 bits per heavy atom. The molecule has 0 radical (unpaired) electrons. The van der Waals surface area contributed by atoms with Crippen LogP contribution in [0.25, 0.3) is 32.5 Å².